The molecule has 0 aromatic heterocycles. The maximum atomic E-state index is 12.6. The van der Waals surface area contributed by atoms with E-state index in [-0.39, 0.29) is 11.7 Å². The molecule has 0 atom stereocenters. The lowest BCUT2D eigenvalue weighted by atomic mass is 10.2. The number of hydrogen-bond donors (Lipinski definition) is 2. The molecule has 0 amide bonds. The van der Waals surface area contributed by atoms with Crippen molar-refractivity contribution in [2.75, 3.05) is 18.5 Å². The van der Waals surface area contributed by atoms with Crippen LogP contribution in [-0.2, 0) is 0 Å². The molecule has 4 nitrogen and oxygen atoms in total. The molecule has 82 valence electrons. The quantitative estimate of drug-likeness (QED) is 0.342. The van der Waals surface area contributed by atoms with Crippen LogP contribution < -0.4 is 10.6 Å². The van der Waals surface area contributed by atoms with Crippen molar-refractivity contribution in [3.8, 4) is 0 Å². The number of halogens is 1. The number of amidine groups is 1. The molecule has 0 radical (unpaired) electrons. The zero-order valence-electron chi connectivity index (χ0n) is 8.52. The fourth-order valence-electron chi connectivity index (χ4n) is 1.16. The Morgan fingerprint density at radius 1 is 1.47 bits per heavy atom. The van der Waals surface area contributed by atoms with Crippen LogP contribution in [0.2, 0.25) is 0 Å². The Kier molecular flexibility index (Phi) is 3.91. The standard InChI is InChI=1S/C10H14FN3O/c1-14(7-6-10(12)13-15)9-4-2-8(11)3-5-9/h2-5,15H,6-7H2,1H3,(H2,12,13). The van der Waals surface area contributed by atoms with E-state index in [0.717, 1.165) is 5.69 Å². The minimum Gasteiger partial charge on any atom is -0.409 e. The topological polar surface area (TPSA) is 61.8 Å². The number of nitrogens with two attached hydrogens (primary N) is 1. The van der Waals surface area contributed by atoms with E-state index in [0.29, 0.717) is 13.0 Å². The van der Waals surface area contributed by atoms with Crippen molar-refractivity contribution < 1.29 is 9.60 Å². The predicted molar refractivity (Wildman–Crippen MR) is 57.7 cm³/mol. The smallest absolute Gasteiger partial charge is 0.140 e. The van der Waals surface area contributed by atoms with E-state index in [2.05, 4.69) is 5.16 Å². The highest BCUT2D eigenvalue weighted by molar-refractivity contribution is 5.80. The number of nitrogens with zero attached hydrogens (tertiary/aromatic N) is 2. The molecule has 0 spiro atoms. The zero-order valence-corrected chi connectivity index (χ0v) is 8.52. The van der Waals surface area contributed by atoms with Gasteiger partial charge in [-0.1, -0.05) is 5.16 Å². The Labute approximate surface area is 87.8 Å². The van der Waals surface area contributed by atoms with Crippen LogP contribution in [-0.4, -0.2) is 24.6 Å². The first kappa shape index (κ1) is 11.3. The molecule has 0 saturated carbocycles. The molecule has 5 heteroatoms. The van der Waals surface area contributed by atoms with Crippen LogP contribution in [0.25, 0.3) is 0 Å². The SMILES string of the molecule is CN(CCC(N)=NO)c1ccc(F)cc1. The van der Waals surface area contributed by atoms with Crippen LogP contribution in [0.1, 0.15) is 6.42 Å². The van der Waals surface area contributed by atoms with E-state index in [1.54, 1.807) is 12.1 Å². The molecular weight excluding hydrogens is 197 g/mol. The third-order valence-corrected chi connectivity index (χ3v) is 2.10. The van der Waals surface area contributed by atoms with E-state index in [1.165, 1.54) is 12.1 Å². The number of benzene rings is 1. The fraction of sp³-hybridized carbons (Fsp3) is 0.300. The second-order valence-electron chi connectivity index (χ2n) is 3.24. The summed E-state index contributed by atoms with van der Waals surface area (Å²) in [6.07, 6.45) is 0.463. The van der Waals surface area contributed by atoms with Gasteiger partial charge in [0.2, 0.25) is 0 Å². The average Bonchev–Trinajstić information content (AvgIpc) is 2.26. The molecule has 0 aliphatic rings. The van der Waals surface area contributed by atoms with Gasteiger partial charge in [0, 0.05) is 25.7 Å². The summed E-state index contributed by atoms with van der Waals surface area (Å²) in [5.74, 6) is -0.0763. The van der Waals surface area contributed by atoms with E-state index in [9.17, 15) is 4.39 Å². The second kappa shape index (κ2) is 5.19. The molecule has 15 heavy (non-hydrogen) atoms. The first-order valence-electron chi connectivity index (χ1n) is 4.56. The van der Waals surface area contributed by atoms with Crippen molar-refractivity contribution in [3.63, 3.8) is 0 Å². The van der Waals surface area contributed by atoms with Gasteiger partial charge in [-0.2, -0.15) is 0 Å². The molecule has 0 saturated heterocycles. The number of rotatable bonds is 4. The van der Waals surface area contributed by atoms with E-state index >= 15 is 0 Å². The van der Waals surface area contributed by atoms with Crippen molar-refractivity contribution in [1.29, 1.82) is 0 Å². The molecule has 1 aromatic carbocycles. The van der Waals surface area contributed by atoms with Crippen molar-refractivity contribution >= 4 is 11.5 Å². The maximum Gasteiger partial charge on any atom is 0.140 e. The molecule has 0 unspecified atom stereocenters. The molecular formula is C10H14FN3O. The van der Waals surface area contributed by atoms with Crippen LogP contribution in [0.4, 0.5) is 10.1 Å². The average molecular weight is 211 g/mol. The minimum atomic E-state index is -0.261. The molecule has 1 rings (SSSR count). The monoisotopic (exact) mass is 211 g/mol. The molecule has 3 N–H and O–H groups in total. The highest BCUT2D eigenvalue weighted by Gasteiger charge is 2.02. The lowest BCUT2D eigenvalue weighted by Gasteiger charge is -2.18. The Bertz CT molecular complexity index is 337. The molecule has 0 heterocycles. The van der Waals surface area contributed by atoms with Crippen molar-refractivity contribution in [2.45, 2.75) is 6.42 Å². The summed E-state index contributed by atoms with van der Waals surface area (Å²) < 4.78 is 12.6. The van der Waals surface area contributed by atoms with Gasteiger partial charge in [0.25, 0.3) is 0 Å². The third-order valence-electron chi connectivity index (χ3n) is 2.10. The van der Waals surface area contributed by atoms with E-state index in [4.69, 9.17) is 10.9 Å². The van der Waals surface area contributed by atoms with Crippen LogP contribution >= 0.6 is 0 Å². The number of anilines is 1. The number of hydrogen-bond acceptors (Lipinski definition) is 3. The van der Waals surface area contributed by atoms with Crippen molar-refractivity contribution in [1.82, 2.24) is 0 Å². The summed E-state index contributed by atoms with van der Waals surface area (Å²) >= 11 is 0. The van der Waals surface area contributed by atoms with Gasteiger partial charge in [-0.15, -0.1) is 0 Å². The summed E-state index contributed by atoms with van der Waals surface area (Å²) in [5, 5.41) is 11.2. The van der Waals surface area contributed by atoms with Gasteiger partial charge in [0.05, 0.1) is 0 Å². The van der Waals surface area contributed by atoms with Gasteiger partial charge in [-0.05, 0) is 24.3 Å². The van der Waals surface area contributed by atoms with Crippen molar-refractivity contribution in [3.05, 3.63) is 30.1 Å². The maximum absolute atomic E-state index is 12.6. The molecule has 1 aromatic rings. The van der Waals surface area contributed by atoms with Crippen molar-refractivity contribution in [2.24, 2.45) is 10.9 Å². The van der Waals surface area contributed by atoms with Crippen LogP contribution in [0.15, 0.2) is 29.4 Å². The van der Waals surface area contributed by atoms with Crippen LogP contribution in [0, 0.1) is 5.82 Å². The zero-order chi connectivity index (χ0) is 11.3. The van der Waals surface area contributed by atoms with Gasteiger partial charge in [-0.25, -0.2) is 4.39 Å². The Hall–Kier alpha value is -1.78. The van der Waals surface area contributed by atoms with Gasteiger partial charge in [-0.3, -0.25) is 0 Å². The molecule has 0 aliphatic heterocycles. The Morgan fingerprint density at radius 3 is 2.60 bits per heavy atom. The lowest BCUT2D eigenvalue weighted by molar-refractivity contribution is 0.317. The summed E-state index contributed by atoms with van der Waals surface area (Å²) in [5.41, 5.74) is 6.23. The van der Waals surface area contributed by atoms with Gasteiger partial charge in [0.15, 0.2) is 0 Å². The van der Waals surface area contributed by atoms with Crippen LogP contribution in [0.3, 0.4) is 0 Å². The lowest BCUT2D eigenvalue weighted by Crippen LogP contribution is -2.24. The predicted octanol–water partition coefficient (Wildman–Crippen LogP) is 1.40. The first-order valence-corrected chi connectivity index (χ1v) is 4.56. The Balaban J connectivity index is 2.53. The van der Waals surface area contributed by atoms with Gasteiger partial charge in [0.1, 0.15) is 11.7 Å². The van der Waals surface area contributed by atoms with Crippen LogP contribution in [0.5, 0.6) is 0 Å². The molecule has 0 aliphatic carbocycles. The summed E-state index contributed by atoms with van der Waals surface area (Å²) in [4.78, 5) is 1.90. The fourth-order valence-corrected chi connectivity index (χ4v) is 1.16. The first-order chi connectivity index (χ1) is 7.13. The highest BCUT2D eigenvalue weighted by Crippen LogP contribution is 2.12. The summed E-state index contributed by atoms with van der Waals surface area (Å²) in [7, 11) is 1.86. The highest BCUT2D eigenvalue weighted by atomic mass is 19.1. The van der Waals surface area contributed by atoms with Gasteiger partial charge < -0.3 is 15.8 Å². The van der Waals surface area contributed by atoms with E-state index < -0.39 is 0 Å². The Morgan fingerprint density at radius 2 is 2.07 bits per heavy atom. The molecule has 0 bridgehead atoms. The van der Waals surface area contributed by atoms with E-state index in [1.807, 2.05) is 11.9 Å². The third kappa shape index (κ3) is 3.46. The minimum absolute atomic E-state index is 0.184. The largest absolute Gasteiger partial charge is 0.409 e. The summed E-state index contributed by atoms with van der Waals surface area (Å²) in [6, 6.07) is 6.16. The summed E-state index contributed by atoms with van der Waals surface area (Å²) in [6.45, 7) is 0.613. The normalized spacial score (nSPS) is 11.5. The molecule has 0 fully saturated rings. The second-order valence-corrected chi connectivity index (χ2v) is 3.24. The number of oxime groups is 1. The van der Waals surface area contributed by atoms with Gasteiger partial charge >= 0.3 is 0 Å².